The number of carbonyl (C=O) groups is 2. The van der Waals surface area contributed by atoms with Gasteiger partial charge in [0.15, 0.2) is 17.3 Å². The van der Waals surface area contributed by atoms with E-state index in [2.05, 4.69) is 9.47 Å². The maximum absolute atomic E-state index is 13.4. The first-order chi connectivity index (χ1) is 12.4. The van der Waals surface area contributed by atoms with Gasteiger partial charge in [-0.25, -0.2) is 0 Å². The molecule has 6 heteroatoms. The first-order valence-electron chi connectivity index (χ1n) is 8.44. The topological polar surface area (TPSA) is 52.6 Å². The molecule has 2 aromatic rings. The van der Waals surface area contributed by atoms with Crippen LogP contribution in [-0.4, -0.2) is 17.9 Å². The third-order valence-corrected chi connectivity index (χ3v) is 4.58. The molecule has 0 radical (unpaired) electrons. The fourth-order valence-electron chi connectivity index (χ4n) is 3.12. The summed E-state index contributed by atoms with van der Waals surface area (Å²) in [5, 5.41) is 0. The molecule has 0 saturated heterocycles. The molecule has 4 rings (SSSR count). The van der Waals surface area contributed by atoms with Crippen molar-refractivity contribution in [1.29, 1.82) is 0 Å². The van der Waals surface area contributed by atoms with Crippen molar-refractivity contribution in [3.05, 3.63) is 59.2 Å². The van der Waals surface area contributed by atoms with Gasteiger partial charge >= 0.3 is 6.29 Å². The molecule has 2 aromatic carbocycles. The molecule has 0 aromatic heterocycles. The number of alkyl halides is 2. The molecular formula is C20H16F2O4. The summed E-state index contributed by atoms with van der Waals surface area (Å²) < 4.78 is 35.8. The highest BCUT2D eigenvalue weighted by molar-refractivity contribution is 6.09. The summed E-state index contributed by atoms with van der Waals surface area (Å²) in [6, 6.07) is 11.6. The van der Waals surface area contributed by atoms with Crippen LogP contribution in [0.5, 0.6) is 11.5 Å². The summed E-state index contributed by atoms with van der Waals surface area (Å²) in [5.41, 5.74) is 1.59. The fourth-order valence-corrected chi connectivity index (χ4v) is 3.12. The van der Waals surface area contributed by atoms with Crippen molar-refractivity contribution in [2.75, 3.05) is 0 Å². The number of fused-ring (bicyclic) bond motifs is 1. The van der Waals surface area contributed by atoms with E-state index in [4.69, 9.17) is 0 Å². The van der Waals surface area contributed by atoms with E-state index in [-0.39, 0.29) is 41.8 Å². The zero-order valence-corrected chi connectivity index (χ0v) is 13.8. The lowest BCUT2D eigenvalue weighted by Crippen LogP contribution is -2.26. The Bertz CT molecular complexity index is 887. The number of ether oxygens (including phenoxy) is 2. The van der Waals surface area contributed by atoms with Gasteiger partial charge in [-0.1, -0.05) is 36.4 Å². The van der Waals surface area contributed by atoms with Crippen LogP contribution in [0.3, 0.4) is 0 Å². The smallest absolute Gasteiger partial charge is 0.395 e. The highest BCUT2D eigenvalue weighted by Gasteiger charge is 2.44. The molecule has 2 aliphatic rings. The maximum Gasteiger partial charge on any atom is 0.586 e. The van der Waals surface area contributed by atoms with Crippen molar-refractivity contribution < 1.29 is 27.8 Å². The minimum absolute atomic E-state index is 0.0196. The van der Waals surface area contributed by atoms with Crippen LogP contribution in [0.25, 0.3) is 0 Å². The van der Waals surface area contributed by atoms with Gasteiger partial charge in [0.05, 0.1) is 6.42 Å². The molecule has 0 amide bonds. The summed E-state index contributed by atoms with van der Waals surface area (Å²) in [6.07, 6.45) is -1.87. The Labute approximate surface area is 148 Å². The van der Waals surface area contributed by atoms with Crippen molar-refractivity contribution in [3.63, 3.8) is 0 Å². The van der Waals surface area contributed by atoms with Crippen molar-refractivity contribution in [2.24, 2.45) is 5.92 Å². The van der Waals surface area contributed by atoms with Crippen LogP contribution in [0.4, 0.5) is 8.78 Å². The van der Waals surface area contributed by atoms with Gasteiger partial charge in [0.25, 0.3) is 0 Å². The van der Waals surface area contributed by atoms with E-state index in [0.717, 1.165) is 12.8 Å². The van der Waals surface area contributed by atoms with E-state index in [1.54, 1.807) is 36.4 Å². The zero-order chi connectivity index (χ0) is 18.3. The van der Waals surface area contributed by atoms with Gasteiger partial charge in [-0.05, 0) is 24.5 Å². The number of carbonyl (C=O) groups excluding carboxylic acids is 2. The lowest BCUT2D eigenvalue weighted by atomic mass is 9.94. The highest BCUT2D eigenvalue weighted by atomic mass is 19.3. The normalized spacial score (nSPS) is 17.2. The predicted octanol–water partition coefficient (Wildman–Crippen LogP) is 4.15. The van der Waals surface area contributed by atoms with Gasteiger partial charge in [0.1, 0.15) is 5.78 Å². The molecule has 0 N–H and O–H groups in total. The molecule has 0 spiro atoms. The Kier molecular flexibility index (Phi) is 3.98. The average molecular weight is 358 g/mol. The van der Waals surface area contributed by atoms with Crippen LogP contribution >= 0.6 is 0 Å². The molecule has 1 aliphatic heterocycles. The minimum Gasteiger partial charge on any atom is -0.395 e. The SMILES string of the molecule is O=C(CC(=O)C1CC1)c1ccccc1Cc1cccc2c1OC(F)(F)O2. The molecular weight excluding hydrogens is 342 g/mol. The number of Topliss-reactive ketones (excluding diaryl/α,β-unsaturated/α-hetero) is 2. The van der Waals surface area contributed by atoms with E-state index in [1.807, 2.05) is 0 Å². The largest absolute Gasteiger partial charge is 0.586 e. The van der Waals surface area contributed by atoms with Crippen LogP contribution in [0, 0.1) is 5.92 Å². The molecule has 4 nitrogen and oxygen atoms in total. The van der Waals surface area contributed by atoms with Crippen molar-refractivity contribution in [1.82, 2.24) is 0 Å². The van der Waals surface area contributed by atoms with E-state index in [1.165, 1.54) is 6.07 Å². The summed E-state index contributed by atoms with van der Waals surface area (Å²) in [6.45, 7) is 0. The number of benzene rings is 2. The van der Waals surface area contributed by atoms with Crippen LogP contribution in [0.2, 0.25) is 0 Å². The average Bonchev–Trinajstić information content (AvgIpc) is 3.38. The first kappa shape index (κ1) is 16.7. The molecule has 26 heavy (non-hydrogen) atoms. The molecule has 134 valence electrons. The second-order valence-electron chi connectivity index (χ2n) is 6.59. The lowest BCUT2D eigenvalue weighted by molar-refractivity contribution is -0.286. The van der Waals surface area contributed by atoms with Gasteiger partial charge in [-0.3, -0.25) is 9.59 Å². The molecule has 1 saturated carbocycles. The van der Waals surface area contributed by atoms with Crippen LogP contribution < -0.4 is 9.47 Å². The van der Waals surface area contributed by atoms with E-state index in [9.17, 15) is 18.4 Å². The Morgan fingerprint density at radius 2 is 1.73 bits per heavy atom. The highest BCUT2D eigenvalue weighted by Crippen LogP contribution is 2.44. The number of para-hydroxylation sites is 1. The quantitative estimate of drug-likeness (QED) is 0.575. The van der Waals surface area contributed by atoms with Crippen LogP contribution in [-0.2, 0) is 11.2 Å². The first-order valence-corrected chi connectivity index (χ1v) is 8.44. The summed E-state index contributed by atoms with van der Waals surface area (Å²) in [4.78, 5) is 24.5. The number of hydrogen-bond acceptors (Lipinski definition) is 4. The predicted molar refractivity (Wildman–Crippen MR) is 88.6 cm³/mol. The Morgan fingerprint density at radius 3 is 2.50 bits per heavy atom. The molecule has 1 fully saturated rings. The van der Waals surface area contributed by atoms with E-state index >= 15 is 0 Å². The number of halogens is 2. The van der Waals surface area contributed by atoms with Crippen LogP contribution in [0.1, 0.15) is 40.7 Å². The van der Waals surface area contributed by atoms with Gasteiger partial charge in [-0.15, -0.1) is 8.78 Å². The molecule has 1 aliphatic carbocycles. The van der Waals surface area contributed by atoms with Crippen molar-refractivity contribution >= 4 is 11.6 Å². The molecule has 0 atom stereocenters. The van der Waals surface area contributed by atoms with Gasteiger partial charge in [-0.2, -0.15) is 0 Å². The summed E-state index contributed by atoms with van der Waals surface area (Å²) in [5.74, 6) is -0.292. The van der Waals surface area contributed by atoms with Crippen molar-refractivity contribution in [3.8, 4) is 11.5 Å². The molecule has 0 bridgehead atoms. The minimum atomic E-state index is -3.69. The number of rotatable bonds is 6. The monoisotopic (exact) mass is 358 g/mol. The maximum atomic E-state index is 13.4. The number of hydrogen-bond donors (Lipinski definition) is 0. The van der Waals surface area contributed by atoms with Gasteiger partial charge in [0.2, 0.25) is 0 Å². The molecule has 1 heterocycles. The second kappa shape index (κ2) is 6.20. The summed E-state index contributed by atoms with van der Waals surface area (Å²) in [7, 11) is 0. The molecule has 0 unspecified atom stereocenters. The van der Waals surface area contributed by atoms with E-state index in [0.29, 0.717) is 16.7 Å². The third kappa shape index (κ3) is 3.31. The van der Waals surface area contributed by atoms with Crippen molar-refractivity contribution in [2.45, 2.75) is 32.0 Å². The van der Waals surface area contributed by atoms with Crippen LogP contribution in [0.15, 0.2) is 42.5 Å². The fraction of sp³-hybridized carbons (Fsp3) is 0.300. The Balaban J connectivity index is 1.59. The van der Waals surface area contributed by atoms with Gasteiger partial charge in [0, 0.05) is 23.5 Å². The Hall–Kier alpha value is -2.76. The lowest BCUT2D eigenvalue weighted by Gasteiger charge is -2.11. The second-order valence-corrected chi connectivity index (χ2v) is 6.59. The standard InChI is InChI=1S/C20H16F2O4/c21-20(22)25-18-7-3-5-14(19(18)26-20)10-13-4-1-2-6-15(13)17(24)11-16(23)12-8-9-12/h1-7,12H,8-11H2. The summed E-state index contributed by atoms with van der Waals surface area (Å²) >= 11 is 0. The number of ketones is 2. The van der Waals surface area contributed by atoms with E-state index < -0.39 is 6.29 Å². The third-order valence-electron chi connectivity index (χ3n) is 4.58. The van der Waals surface area contributed by atoms with Gasteiger partial charge < -0.3 is 9.47 Å². The Morgan fingerprint density at radius 1 is 1.00 bits per heavy atom. The zero-order valence-electron chi connectivity index (χ0n) is 13.8.